The number of carbonyl (C=O) groups is 1. The van der Waals surface area contributed by atoms with Crippen molar-refractivity contribution in [1.82, 2.24) is 0 Å². The highest BCUT2D eigenvalue weighted by Crippen LogP contribution is 2.16. The van der Waals surface area contributed by atoms with Crippen LogP contribution in [0.25, 0.3) is 0 Å². The van der Waals surface area contributed by atoms with Crippen molar-refractivity contribution in [3.63, 3.8) is 0 Å². The van der Waals surface area contributed by atoms with Crippen LogP contribution in [-0.2, 0) is 4.79 Å². The van der Waals surface area contributed by atoms with Gasteiger partial charge in [0.15, 0.2) is 0 Å². The Morgan fingerprint density at radius 2 is 1.90 bits per heavy atom. The summed E-state index contributed by atoms with van der Waals surface area (Å²) in [5, 5.41) is 0.684. The van der Waals surface area contributed by atoms with E-state index in [-0.39, 0.29) is 5.78 Å². The van der Waals surface area contributed by atoms with Crippen molar-refractivity contribution < 1.29 is 4.79 Å². The number of hydrogen-bond donors (Lipinski definition) is 0. The Labute approximate surface area is 67.6 Å². The first kappa shape index (κ1) is 10.0. The van der Waals surface area contributed by atoms with Gasteiger partial charge in [-0.1, -0.05) is 13.8 Å². The van der Waals surface area contributed by atoms with Gasteiger partial charge in [-0.25, -0.2) is 0 Å². The van der Waals surface area contributed by atoms with Gasteiger partial charge in [-0.2, -0.15) is 11.8 Å². The first-order chi connectivity index (χ1) is 4.70. The maximum atomic E-state index is 10.6. The highest BCUT2D eigenvalue weighted by Gasteiger charge is 2.03. The van der Waals surface area contributed by atoms with Crippen molar-refractivity contribution in [2.24, 2.45) is 0 Å². The van der Waals surface area contributed by atoms with Crippen LogP contribution in [0.2, 0.25) is 0 Å². The summed E-state index contributed by atoms with van der Waals surface area (Å²) < 4.78 is 0. The van der Waals surface area contributed by atoms with Gasteiger partial charge in [0.2, 0.25) is 0 Å². The maximum absolute atomic E-state index is 10.6. The highest BCUT2D eigenvalue weighted by atomic mass is 32.2. The molecule has 0 rings (SSSR count). The lowest BCUT2D eigenvalue weighted by atomic mass is 10.3. The van der Waals surface area contributed by atoms with Crippen LogP contribution >= 0.6 is 11.8 Å². The third-order valence-corrected chi connectivity index (χ3v) is 3.14. The Morgan fingerprint density at radius 3 is 2.20 bits per heavy atom. The molecule has 0 aliphatic carbocycles. The van der Waals surface area contributed by atoms with Gasteiger partial charge in [-0.05, 0) is 19.8 Å². The van der Waals surface area contributed by atoms with E-state index in [2.05, 4.69) is 13.8 Å². The van der Waals surface area contributed by atoms with Crippen molar-refractivity contribution in [3.8, 4) is 0 Å². The number of carbonyl (C=O) groups excluding carboxylic acids is 1. The molecule has 0 unspecified atom stereocenters. The van der Waals surface area contributed by atoms with Gasteiger partial charge in [0, 0.05) is 5.25 Å². The molecule has 1 nitrogen and oxygen atoms in total. The zero-order valence-electron chi connectivity index (χ0n) is 7.02. The number of rotatable bonds is 5. The van der Waals surface area contributed by atoms with Crippen LogP contribution < -0.4 is 0 Å². The standard InChI is InChI=1S/C8H16OS/c1-4-8(5-2)10-6-7(3)9/h8H,4-6H2,1-3H3. The van der Waals surface area contributed by atoms with E-state index in [4.69, 9.17) is 0 Å². The molecule has 60 valence electrons. The average molecular weight is 160 g/mol. The lowest BCUT2D eigenvalue weighted by Crippen LogP contribution is -2.03. The Bertz CT molecular complexity index is 97.4. The summed E-state index contributed by atoms with van der Waals surface area (Å²) in [4.78, 5) is 10.6. The number of hydrogen-bond acceptors (Lipinski definition) is 2. The molecule has 0 saturated carbocycles. The van der Waals surface area contributed by atoms with Gasteiger partial charge in [-0.3, -0.25) is 4.79 Å². The topological polar surface area (TPSA) is 17.1 Å². The third-order valence-electron chi connectivity index (χ3n) is 1.43. The van der Waals surface area contributed by atoms with Crippen molar-refractivity contribution >= 4 is 17.5 Å². The van der Waals surface area contributed by atoms with Crippen LogP contribution in [0, 0.1) is 0 Å². The van der Waals surface area contributed by atoms with E-state index >= 15 is 0 Å². The van der Waals surface area contributed by atoms with Gasteiger partial charge in [0.1, 0.15) is 5.78 Å². The molecule has 0 aromatic carbocycles. The monoisotopic (exact) mass is 160 g/mol. The van der Waals surface area contributed by atoms with Crippen LogP contribution in [0.5, 0.6) is 0 Å². The van der Waals surface area contributed by atoms with Crippen molar-refractivity contribution in [1.29, 1.82) is 0 Å². The van der Waals surface area contributed by atoms with Crippen molar-refractivity contribution in [2.45, 2.75) is 38.9 Å². The molecule has 0 aromatic heterocycles. The summed E-state index contributed by atoms with van der Waals surface area (Å²) in [6.07, 6.45) is 2.35. The van der Waals surface area contributed by atoms with E-state index in [9.17, 15) is 4.79 Å². The predicted molar refractivity (Wildman–Crippen MR) is 47.5 cm³/mol. The van der Waals surface area contributed by atoms with E-state index < -0.39 is 0 Å². The molecule has 0 bridgehead atoms. The van der Waals surface area contributed by atoms with Gasteiger partial charge < -0.3 is 0 Å². The van der Waals surface area contributed by atoms with Crippen LogP contribution in [0.3, 0.4) is 0 Å². The maximum Gasteiger partial charge on any atom is 0.139 e. The second-order valence-corrected chi connectivity index (χ2v) is 3.74. The number of ketones is 1. The molecule has 0 N–H and O–H groups in total. The minimum Gasteiger partial charge on any atom is -0.299 e. The summed E-state index contributed by atoms with van der Waals surface area (Å²) >= 11 is 1.78. The second kappa shape index (κ2) is 5.78. The molecule has 2 heteroatoms. The quantitative estimate of drug-likeness (QED) is 0.614. The van der Waals surface area contributed by atoms with Crippen molar-refractivity contribution in [3.05, 3.63) is 0 Å². The summed E-state index contributed by atoms with van der Waals surface area (Å²) in [5.41, 5.74) is 0. The van der Waals surface area contributed by atoms with Crippen LogP contribution in [0.1, 0.15) is 33.6 Å². The van der Waals surface area contributed by atoms with Crippen molar-refractivity contribution in [2.75, 3.05) is 5.75 Å². The van der Waals surface area contributed by atoms with E-state index in [1.54, 1.807) is 18.7 Å². The van der Waals surface area contributed by atoms with Crippen LogP contribution in [0.15, 0.2) is 0 Å². The van der Waals surface area contributed by atoms with Crippen LogP contribution in [0.4, 0.5) is 0 Å². The zero-order chi connectivity index (χ0) is 7.98. The Morgan fingerprint density at radius 1 is 1.40 bits per heavy atom. The van der Waals surface area contributed by atoms with Gasteiger partial charge >= 0.3 is 0 Å². The SMILES string of the molecule is CCC(CC)SCC(C)=O. The largest absolute Gasteiger partial charge is 0.299 e. The Hall–Kier alpha value is 0.0200. The smallest absolute Gasteiger partial charge is 0.139 e. The first-order valence-corrected chi connectivity index (χ1v) is 4.86. The molecular formula is C8H16OS. The van der Waals surface area contributed by atoms with E-state index in [0.717, 1.165) is 0 Å². The number of thioether (sulfide) groups is 1. The molecule has 0 heterocycles. The molecule has 0 aliphatic rings. The molecule has 0 aliphatic heterocycles. The summed E-state index contributed by atoms with van der Waals surface area (Å²) in [5.74, 6) is 0.976. The molecule has 0 amide bonds. The Kier molecular flexibility index (Phi) is 5.79. The fourth-order valence-electron chi connectivity index (χ4n) is 0.760. The molecule has 0 spiro atoms. The zero-order valence-corrected chi connectivity index (χ0v) is 7.83. The summed E-state index contributed by atoms with van der Waals surface area (Å²) in [6.45, 7) is 5.98. The summed E-state index contributed by atoms with van der Waals surface area (Å²) in [7, 11) is 0. The molecule has 0 radical (unpaired) electrons. The van der Waals surface area contributed by atoms with E-state index in [1.807, 2.05) is 0 Å². The molecule has 0 saturated heterocycles. The lowest BCUT2D eigenvalue weighted by Gasteiger charge is -2.09. The Balaban J connectivity index is 3.34. The minimum absolute atomic E-state index is 0.289. The molecule has 0 fully saturated rings. The fraction of sp³-hybridized carbons (Fsp3) is 0.875. The van der Waals surface area contributed by atoms with E-state index in [1.165, 1.54) is 12.8 Å². The fourth-order valence-corrected chi connectivity index (χ4v) is 1.70. The van der Waals surface area contributed by atoms with Gasteiger partial charge in [-0.15, -0.1) is 0 Å². The minimum atomic E-state index is 0.289. The molecule has 0 atom stereocenters. The third kappa shape index (κ3) is 4.86. The lowest BCUT2D eigenvalue weighted by molar-refractivity contribution is -0.114. The molecular weight excluding hydrogens is 144 g/mol. The predicted octanol–water partition coefficient (Wildman–Crippen LogP) is 2.50. The normalized spacial score (nSPS) is 10.4. The number of Topliss-reactive ketones (excluding diaryl/α,β-unsaturated/α-hetero) is 1. The van der Waals surface area contributed by atoms with Gasteiger partial charge in [0.25, 0.3) is 0 Å². The first-order valence-electron chi connectivity index (χ1n) is 3.81. The average Bonchev–Trinajstić information content (AvgIpc) is 1.90. The highest BCUT2D eigenvalue weighted by molar-refractivity contribution is 8.00. The van der Waals surface area contributed by atoms with Crippen LogP contribution in [-0.4, -0.2) is 16.8 Å². The molecule has 10 heavy (non-hydrogen) atoms. The van der Waals surface area contributed by atoms with Gasteiger partial charge in [0.05, 0.1) is 5.75 Å². The molecule has 0 aromatic rings. The second-order valence-electron chi connectivity index (χ2n) is 2.45. The van der Waals surface area contributed by atoms with E-state index in [0.29, 0.717) is 11.0 Å². The summed E-state index contributed by atoms with van der Waals surface area (Å²) in [6, 6.07) is 0.